The second-order valence-electron chi connectivity index (χ2n) is 9.07. The van der Waals surface area contributed by atoms with Crippen molar-refractivity contribution in [2.45, 2.75) is 78.2 Å². The van der Waals surface area contributed by atoms with Gasteiger partial charge < -0.3 is 14.4 Å². The zero-order chi connectivity index (χ0) is 22.1. The topological polar surface area (TPSA) is 55.8 Å². The summed E-state index contributed by atoms with van der Waals surface area (Å²) in [5, 5.41) is 0. The van der Waals surface area contributed by atoms with Crippen molar-refractivity contribution in [2.75, 3.05) is 19.7 Å². The molecular formula is C24H36FNO4. The molecule has 30 heavy (non-hydrogen) atoms. The summed E-state index contributed by atoms with van der Waals surface area (Å²) < 4.78 is 25.3. The Bertz CT molecular complexity index is 706. The molecule has 5 nitrogen and oxygen atoms in total. The van der Waals surface area contributed by atoms with Crippen LogP contribution in [0.4, 0.5) is 9.18 Å². The lowest BCUT2D eigenvalue weighted by Gasteiger charge is -2.33. The smallest absolute Gasteiger partial charge is 0.410 e. The Balaban J connectivity index is 1.68. The van der Waals surface area contributed by atoms with Crippen molar-refractivity contribution in [1.82, 2.24) is 4.90 Å². The number of ketones is 1. The fourth-order valence-electron chi connectivity index (χ4n) is 3.58. The molecule has 0 radical (unpaired) electrons. The van der Waals surface area contributed by atoms with Crippen LogP contribution in [0.25, 0.3) is 0 Å². The third kappa shape index (κ3) is 7.96. The average molecular weight is 422 g/mol. The van der Waals surface area contributed by atoms with Crippen LogP contribution in [0, 0.1) is 11.7 Å². The molecule has 0 atom stereocenters. The quantitative estimate of drug-likeness (QED) is 0.362. The number of hydrogen-bond acceptors (Lipinski definition) is 4. The lowest BCUT2D eigenvalue weighted by atomic mass is 9.92. The molecule has 6 heteroatoms. The van der Waals surface area contributed by atoms with Gasteiger partial charge in [-0.05, 0) is 70.9 Å². The van der Waals surface area contributed by atoms with E-state index in [2.05, 4.69) is 0 Å². The van der Waals surface area contributed by atoms with E-state index in [0.29, 0.717) is 24.7 Å². The number of carbonyl (C=O) groups excluding carboxylic acids is 2. The first-order valence-electron chi connectivity index (χ1n) is 11.1. The van der Waals surface area contributed by atoms with Gasteiger partial charge in [-0.15, -0.1) is 0 Å². The molecule has 1 heterocycles. The number of ether oxygens (including phenoxy) is 2. The summed E-state index contributed by atoms with van der Waals surface area (Å²) in [6.07, 6.45) is 5.63. The highest BCUT2D eigenvalue weighted by molar-refractivity contribution is 5.96. The second kappa shape index (κ2) is 11.3. The Kier molecular flexibility index (Phi) is 9.12. The van der Waals surface area contributed by atoms with Crippen molar-refractivity contribution < 1.29 is 23.5 Å². The van der Waals surface area contributed by atoms with Gasteiger partial charge in [-0.2, -0.15) is 0 Å². The molecule has 1 aromatic carbocycles. The van der Waals surface area contributed by atoms with Crippen LogP contribution < -0.4 is 4.74 Å². The molecule has 0 saturated carbocycles. The normalized spacial score (nSPS) is 15.2. The van der Waals surface area contributed by atoms with Crippen LogP contribution in [-0.4, -0.2) is 42.1 Å². The minimum atomic E-state index is -0.511. The van der Waals surface area contributed by atoms with E-state index in [1.54, 1.807) is 11.0 Å². The van der Waals surface area contributed by atoms with Gasteiger partial charge in [-0.3, -0.25) is 4.79 Å². The number of Topliss-reactive ketones (excluding diaryl/α,β-unsaturated/α-hetero) is 1. The maximum Gasteiger partial charge on any atom is 0.410 e. The summed E-state index contributed by atoms with van der Waals surface area (Å²) in [5.41, 5.74) is -0.321. The van der Waals surface area contributed by atoms with Crippen LogP contribution in [0.15, 0.2) is 18.2 Å². The van der Waals surface area contributed by atoms with Gasteiger partial charge in [0.15, 0.2) is 5.78 Å². The summed E-state index contributed by atoms with van der Waals surface area (Å²) >= 11 is 0. The molecule has 0 bridgehead atoms. The number of hydrogen-bond donors (Lipinski definition) is 0. The number of amides is 1. The van der Waals surface area contributed by atoms with E-state index < -0.39 is 11.4 Å². The number of halogens is 1. The number of benzene rings is 1. The van der Waals surface area contributed by atoms with Crippen molar-refractivity contribution >= 4 is 11.9 Å². The number of rotatable bonds is 9. The van der Waals surface area contributed by atoms with Gasteiger partial charge in [0.2, 0.25) is 0 Å². The summed E-state index contributed by atoms with van der Waals surface area (Å²) in [6.45, 7) is 9.59. The minimum Gasteiger partial charge on any atom is -0.493 e. The Hall–Kier alpha value is -2.11. The summed E-state index contributed by atoms with van der Waals surface area (Å²) in [7, 11) is 0. The molecule has 1 aliphatic rings. The van der Waals surface area contributed by atoms with E-state index >= 15 is 0 Å². The Labute approximate surface area is 179 Å². The monoisotopic (exact) mass is 421 g/mol. The van der Waals surface area contributed by atoms with Gasteiger partial charge in [0.25, 0.3) is 0 Å². The molecule has 0 unspecified atom stereocenters. The van der Waals surface area contributed by atoms with E-state index in [-0.39, 0.29) is 17.4 Å². The molecule has 0 aliphatic carbocycles. The van der Waals surface area contributed by atoms with E-state index in [9.17, 15) is 14.0 Å². The van der Waals surface area contributed by atoms with Crippen molar-refractivity contribution in [1.29, 1.82) is 0 Å². The van der Waals surface area contributed by atoms with Crippen molar-refractivity contribution in [3.63, 3.8) is 0 Å². The Morgan fingerprint density at radius 3 is 2.47 bits per heavy atom. The molecule has 0 aromatic heterocycles. The van der Waals surface area contributed by atoms with Crippen molar-refractivity contribution in [2.24, 2.45) is 5.92 Å². The van der Waals surface area contributed by atoms with E-state index in [1.165, 1.54) is 12.1 Å². The van der Waals surface area contributed by atoms with Crippen LogP contribution in [-0.2, 0) is 4.74 Å². The molecule has 2 rings (SSSR count). The van der Waals surface area contributed by atoms with Crippen molar-refractivity contribution in [3.8, 4) is 5.75 Å². The summed E-state index contributed by atoms with van der Waals surface area (Å²) in [5.74, 6) is 0.351. The summed E-state index contributed by atoms with van der Waals surface area (Å²) in [6, 6.07) is 4.50. The van der Waals surface area contributed by atoms with Crippen molar-refractivity contribution in [3.05, 3.63) is 29.6 Å². The number of carbonyl (C=O) groups is 2. The van der Waals surface area contributed by atoms with E-state index in [1.807, 2.05) is 27.7 Å². The lowest BCUT2D eigenvalue weighted by molar-refractivity contribution is 0.0179. The number of likely N-dealkylation sites (tertiary alicyclic amines) is 1. The van der Waals surface area contributed by atoms with Gasteiger partial charge in [-0.25, -0.2) is 9.18 Å². The molecular weight excluding hydrogens is 385 g/mol. The predicted molar refractivity (Wildman–Crippen MR) is 116 cm³/mol. The molecule has 1 aromatic rings. The van der Waals surface area contributed by atoms with Gasteiger partial charge in [0, 0.05) is 25.6 Å². The van der Waals surface area contributed by atoms with Gasteiger partial charge >= 0.3 is 6.09 Å². The maximum atomic E-state index is 14.2. The average Bonchev–Trinajstić information content (AvgIpc) is 2.68. The molecule has 168 valence electrons. The second-order valence-corrected chi connectivity index (χ2v) is 9.07. The van der Waals surface area contributed by atoms with Crippen LogP contribution in [0.2, 0.25) is 0 Å². The van der Waals surface area contributed by atoms with Crippen LogP contribution in [0.5, 0.6) is 5.75 Å². The standard InChI is InChI=1S/C24H36FNO4/c1-5-6-9-22(27)20-11-10-19(17-21(20)25)29-16-7-8-18-12-14-26(15-13-18)23(28)30-24(2,3)4/h10-11,17-18H,5-9,12-16H2,1-4H3. The first-order valence-corrected chi connectivity index (χ1v) is 11.1. The van der Waals surface area contributed by atoms with E-state index in [0.717, 1.165) is 51.6 Å². The third-order valence-corrected chi connectivity index (χ3v) is 5.29. The number of unbranched alkanes of at least 4 members (excludes halogenated alkanes) is 1. The first kappa shape index (κ1) is 24.2. The van der Waals surface area contributed by atoms with Gasteiger partial charge in [0.05, 0.1) is 12.2 Å². The maximum absolute atomic E-state index is 14.2. The molecule has 0 spiro atoms. The number of nitrogens with zero attached hydrogens (tertiary/aromatic N) is 1. The van der Waals surface area contributed by atoms with Gasteiger partial charge in [0.1, 0.15) is 17.2 Å². The highest BCUT2D eigenvalue weighted by Crippen LogP contribution is 2.24. The Morgan fingerprint density at radius 1 is 1.17 bits per heavy atom. The molecule has 1 aliphatic heterocycles. The third-order valence-electron chi connectivity index (χ3n) is 5.29. The van der Waals surface area contributed by atoms with Crippen LogP contribution in [0.3, 0.4) is 0 Å². The largest absolute Gasteiger partial charge is 0.493 e. The lowest BCUT2D eigenvalue weighted by Crippen LogP contribution is -2.41. The molecule has 1 fully saturated rings. The number of piperidine rings is 1. The Morgan fingerprint density at radius 2 is 1.87 bits per heavy atom. The molecule has 1 amide bonds. The minimum absolute atomic E-state index is 0.146. The molecule has 1 saturated heterocycles. The zero-order valence-corrected chi connectivity index (χ0v) is 18.8. The first-order chi connectivity index (χ1) is 14.2. The highest BCUT2D eigenvalue weighted by Gasteiger charge is 2.26. The summed E-state index contributed by atoms with van der Waals surface area (Å²) in [4.78, 5) is 25.9. The van der Waals surface area contributed by atoms with Crippen LogP contribution >= 0.6 is 0 Å². The predicted octanol–water partition coefficient (Wildman–Crippen LogP) is 6.00. The zero-order valence-electron chi connectivity index (χ0n) is 18.8. The van der Waals surface area contributed by atoms with Crippen LogP contribution in [0.1, 0.15) is 83.0 Å². The fraction of sp³-hybridized carbons (Fsp3) is 0.667. The highest BCUT2D eigenvalue weighted by atomic mass is 19.1. The molecule has 0 N–H and O–H groups in total. The van der Waals surface area contributed by atoms with Gasteiger partial charge in [-0.1, -0.05) is 13.3 Å². The fourth-order valence-corrected chi connectivity index (χ4v) is 3.58. The SMILES string of the molecule is CCCCC(=O)c1ccc(OCCCC2CCN(C(=O)OC(C)(C)C)CC2)cc1F. The van der Waals surface area contributed by atoms with E-state index in [4.69, 9.17) is 9.47 Å².